The summed E-state index contributed by atoms with van der Waals surface area (Å²) in [5.74, 6) is 1.41. The number of fused-ring (bicyclic) bond motifs is 1. The first kappa shape index (κ1) is 11.0. The highest BCUT2D eigenvalue weighted by atomic mass is 16.5. The van der Waals surface area contributed by atoms with Gasteiger partial charge in [0.05, 0.1) is 17.7 Å². The molecule has 0 unspecified atom stereocenters. The fourth-order valence-electron chi connectivity index (χ4n) is 2.05. The predicted octanol–water partition coefficient (Wildman–Crippen LogP) is 3.29. The SMILES string of the molecule is N#Cc1cc(OCCC2CC2)nc2ccccc12. The molecule has 3 nitrogen and oxygen atoms in total. The molecule has 2 aromatic rings. The van der Waals surface area contributed by atoms with Crippen LogP contribution in [0.3, 0.4) is 0 Å². The number of nitriles is 1. The standard InChI is InChI=1S/C15H14N2O/c16-10-12-9-15(18-8-7-11-5-6-11)17-14-4-2-1-3-13(12)14/h1-4,9,11H,5-8H2. The molecule has 90 valence electrons. The van der Waals surface area contributed by atoms with E-state index in [0.29, 0.717) is 18.1 Å². The molecule has 1 fully saturated rings. The van der Waals surface area contributed by atoms with Crippen LogP contribution in [0.25, 0.3) is 10.9 Å². The second-order valence-corrected chi connectivity index (χ2v) is 4.72. The van der Waals surface area contributed by atoms with E-state index in [2.05, 4.69) is 11.1 Å². The molecule has 3 rings (SSSR count). The summed E-state index contributed by atoms with van der Waals surface area (Å²) in [7, 11) is 0. The van der Waals surface area contributed by atoms with Crippen molar-refractivity contribution in [2.75, 3.05) is 6.61 Å². The Balaban J connectivity index is 1.85. The summed E-state index contributed by atoms with van der Waals surface area (Å²) in [5, 5.41) is 10.0. The molecule has 0 atom stereocenters. The van der Waals surface area contributed by atoms with Gasteiger partial charge in [0, 0.05) is 11.5 Å². The smallest absolute Gasteiger partial charge is 0.215 e. The molecule has 1 saturated carbocycles. The van der Waals surface area contributed by atoms with Crippen LogP contribution in [0.5, 0.6) is 5.88 Å². The maximum absolute atomic E-state index is 9.15. The van der Waals surface area contributed by atoms with Crippen molar-refractivity contribution in [1.82, 2.24) is 4.98 Å². The zero-order chi connectivity index (χ0) is 12.4. The number of nitrogens with zero attached hydrogens (tertiary/aromatic N) is 2. The van der Waals surface area contributed by atoms with Crippen LogP contribution in [0, 0.1) is 17.2 Å². The summed E-state index contributed by atoms with van der Waals surface area (Å²) in [6.45, 7) is 0.695. The third-order valence-electron chi connectivity index (χ3n) is 3.29. The maximum Gasteiger partial charge on any atom is 0.215 e. The molecule has 0 spiro atoms. The molecular formula is C15H14N2O. The largest absolute Gasteiger partial charge is 0.478 e. The van der Waals surface area contributed by atoms with Crippen molar-refractivity contribution in [1.29, 1.82) is 5.26 Å². The van der Waals surface area contributed by atoms with Crippen molar-refractivity contribution in [2.24, 2.45) is 5.92 Å². The Morgan fingerprint density at radius 1 is 1.33 bits per heavy atom. The molecule has 1 heterocycles. The molecule has 3 heteroatoms. The Morgan fingerprint density at radius 2 is 2.17 bits per heavy atom. The van der Waals surface area contributed by atoms with Crippen molar-refractivity contribution in [3.8, 4) is 11.9 Å². The molecule has 0 bridgehead atoms. The third kappa shape index (κ3) is 2.28. The fourth-order valence-corrected chi connectivity index (χ4v) is 2.05. The van der Waals surface area contributed by atoms with E-state index in [-0.39, 0.29) is 0 Å². The number of ether oxygens (including phenoxy) is 1. The fraction of sp³-hybridized carbons (Fsp3) is 0.333. The van der Waals surface area contributed by atoms with Gasteiger partial charge < -0.3 is 4.74 Å². The van der Waals surface area contributed by atoms with Crippen LogP contribution in [0.1, 0.15) is 24.8 Å². The molecule has 0 radical (unpaired) electrons. The number of hydrogen-bond acceptors (Lipinski definition) is 3. The van der Waals surface area contributed by atoms with Gasteiger partial charge in [0.1, 0.15) is 6.07 Å². The second-order valence-electron chi connectivity index (χ2n) is 4.72. The average molecular weight is 238 g/mol. The number of benzene rings is 1. The van der Waals surface area contributed by atoms with Gasteiger partial charge in [-0.3, -0.25) is 0 Å². The summed E-state index contributed by atoms with van der Waals surface area (Å²) < 4.78 is 5.65. The van der Waals surface area contributed by atoms with Gasteiger partial charge in [-0.1, -0.05) is 31.0 Å². The minimum atomic E-state index is 0.561. The summed E-state index contributed by atoms with van der Waals surface area (Å²) in [6.07, 6.45) is 3.76. The van der Waals surface area contributed by atoms with E-state index in [1.54, 1.807) is 6.07 Å². The normalized spacial score (nSPS) is 14.4. The zero-order valence-electron chi connectivity index (χ0n) is 10.1. The summed E-state index contributed by atoms with van der Waals surface area (Å²) in [6, 6.07) is 11.6. The van der Waals surface area contributed by atoms with Gasteiger partial charge in [0.15, 0.2) is 0 Å². The Kier molecular flexibility index (Phi) is 2.85. The molecular weight excluding hydrogens is 224 g/mol. The molecule has 1 aliphatic carbocycles. The van der Waals surface area contributed by atoms with E-state index in [1.165, 1.54) is 12.8 Å². The first-order valence-corrected chi connectivity index (χ1v) is 6.29. The molecule has 0 amide bonds. The molecule has 0 saturated heterocycles. The topological polar surface area (TPSA) is 45.9 Å². The maximum atomic E-state index is 9.15. The molecule has 1 aliphatic rings. The van der Waals surface area contributed by atoms with Crippen LogP contribution in [0.2, 0.25) is 0 Å². The second kappa shape index (κ2) is 4.66. The lowest BCUT2D eigenvalue weighted by Crippen LogP contribution is -2.00. The number of para-hydroxylation sites is 1. The Bertz CT molecular complexity index is 611. The van der Waals surface area contributed by atoms with Crippen molar-refractivity contribution >= 4 is 10.9 Å². The number of aromatic nitrogens is 1. The molecule has 1 aromatic carbocycles. The van der Waals surface area contributed by atoms with Gasteiger partial charge >= 0.3 is 0 Å². The van der Waals surface area contributed by atoms with E-state index in [1.807, 2.05) is 24.3 Å². The van der Waals surface area contributed by atoms with Crippen molar-refractivity contribution in [2.45, 2.75) is 19.3 Å². The highest BCUT2D eigenvalue weighted by Gasteiger charge is 2.20. The van der Waals surface area contributed by atoms with E-state index in [9.17, 15) is 0 Å². The van der Waals surface area contributed by atoms with Crippen LogP contribution < -0.4 is 4.74 Å². The van der Waals surface area contributed by atoms with Crippen LogP contribution in [0.4, 0.5) is 0 Å². The van der Waals surface area contributed by atoms with Crippen LogP contribution in [-0.4, -0.2) is 11.6 Å². The quantitative estimate of drug-likeness (QED) is 0.821. The van der Waals surface area contributed by atoms with E-state index in [4.69, 9.17) is 10.00 Å². The monoisotopic (exact) mass is 238 g/mol. The van der Waals surface area contributed by atoms with E-state index in [0.717, 1.165) is 23.2 Å². The number of pyridine rings is 1. The van der Waals surface area contributed by atoms with Crippen LogP contribution in [0.15, 0.2) is 30.3 Å². The van der Waals surface area contributed by atoms with Crippen molar-refractivity contribution < 1.29 is 4.74 Å². The summed E-state index contributed by atoms with van der Waals surface area (Å²) in [4.78, 5) is 4.43. The Morgan fingerprint density at radius 3 is 2.94 bits per heavy atom. The summed E-state index contributed by atoms with van der Waals surface area (Å²) in [5.41, 5.74) is 1.44. The minimum Gasteiger partial charge on any atom is -0.478 e. The Labute approximate surface area is 106 Å². The van der Waals surface area contributed by atoms with Crippen LogP contribution in [-0.2, 0) is 0 Å². The molecule has 1 aromatic heterocycles. The molecule has 0 N–H and O–H groups in total. The van der Waals surface area contributed by atoms with Gasteiger partial charge in [-0.2, -0.15) is 5.26 Å². The zero-order valence-corrected chi connectivity index (χ0v) is 10.1. The average Bonchev–Trinajstić information content (AvgIpc) is 3.22. The highest BCUT2D eigenvalue weighted by molar-refractivity contribution is 5.85. The van der Waals surface area contributed by atoms with E-state index >= 15 is 0 Å². The lowest BCUT2D eigenvalue weighted by atomic mass is 10.1. The van der Waals surface area contributed by atoms with Gasteiger partial charge in [-0.15, -0.1) is 0 Å². The first-order chi connectivity index (χ1) is 8.86. The van der Waals surface area contributed by atoms with Gasteiger partial charge in [0.25, 0.3) is 0 Å². The highest BCUT2D eigenvalue weighted by Crippen LogP contribution is 2.32. The lowest BCUT2D eigenvalue weighted by molar-refractivity contribution is 0.292. The Hall–Kier alpha value is -2.08. The van der Waals surface area contributed by atoms with Crippen LogP contribution >= 0.6 is 0 Å². The van der Waals surface area contributed by atoms with Gasteiger partial charge in [-0.05, 0) is 18.4 Å². The van der Waals surface area contributed by atoms with Crippen molar-refractivity contribution in [3.63, 3.8) is 0 Å². The van der Waals surface area contributed by atoms with Gasteiger partial charge in [0.2, 0.25) is 5.88 Å². The number of hydrogen-bond donors (Lipinski definition) is 0. The number of rotatable bonds is 4. The molecule has 0 aliphatic heterocycles. The summed E-state index contributed by atoms with van der Waals surface area (Å²) >= 11 is 0. The van der Waals surface area contributed by atoms with E-state index < -0.39 is 0 Å². The minimum absolute atomic E-state index is 0.561. The first-order valence-electron chi connectivity index (χ1n) is 6.29. The predicted molar refractivity (Wildman–Crippen MR) is 69.3 cm³/mol. The van der Waals surface area contributed by atoms with Crippen molar-refractivity contribution in [3.05, 3.63) is 35.9 Å². The van der Waals surface area contributed by atoms with Gasteiger partial charge in [-0.25, -0.2) is 4.98 Å². The lowest BCUT2D eigenvalue weighted by Gasteiger charge is -2.07. The molecule has 18 heavy (non-hydrogen) atoms. The third-order valence-corrected chi connectivity index (χ3v) is 3.29.